The third kappa shape index (κ3) is 4.48. The van der Waals surface area contributed by atoms with Crippen molar-refractivity contribution < 1.29 is 9.18 Å². The molecule has 1 aliphatic heterocycles. The van der Waals surface area contributed by atoms with Gasteiger partial charge in [0.25, 0.3) is 5.91 Å². The molecule has 3 rings (SSSR count). The maximum atomic E-state index is 13.9. The molecule has 1 N–H and O–H groups in total. The van der Waals surface area contributed by atoms with Crippen molar-refractivity contribution in [3.63, 3.8) is 0 Å². The Morgan fingerprint density at radius 1 is 1.44 bits per heavy atom. The van der Waals surface area contributed by atoms with Crippen LogP contribution in [0.1, 0.15) is 34.9 Å². The largest absolute Gasteiger partial charge is 0.336 e. The van der Waals surface area contributed by atoms with Crippen LogP contribution in [0.3, 0.4) is 0 Å². The lowest BCUT2D eigenvalue weighted by Gasteiger charge is -2.22. The fourth-order valence-electron chi connectivity index (χ4n) is 2.81. The van der Waals surface area contributed by atoms with Crippen LogP contribution in [0.4, 0.5) is 4.39 Å². The van der Waals surface area contributed by atoms with E-state index in [1.165, 1.54) is 17.0 Å². The highest BCUT2D eigenvalue weighted by Crippen LogP contribution is 2.21. The van der Waals surface area contributed by atoms with E-state index in [1.807, 2.05) is 0 Å². The second-order valence-electron chi connectivity index (χ2n) is 5.93. The number of benzene rings is 1. The third-order valence-corrected chi connectivity index (χ3v) is 4.57. The van der Waals surface area contributed by atoms with Gasteiger partial charge in [-0.05, 0) is 38.1 Å². The highest BCUT2D eigenvalue weighted by atomic mass is 35.5. The topological polar surface area (TPSA) is 63.1 Å². The fraction of sp³-hybridized carbons (Fsp3) is 0.438. The van der Waals surface area contributed by atoms with Gasteiger partial charge in [-0.15, -0.1) is 17.5 Å². The first-order valence-corrected chi connectivity index (χ1v) is 8.25. The minimum atomic E-state index is -0.430. The molecule has 136 valence electrons. The van der Waals surface area contributed by atoms with Crippen molar-refractivity contribution >= 4 is 29.9 Å². The van der Waals surface area contributed by atoms with Crippen LogP contribution in [0.5, 0.6) is 0 Å². The molecule has 0 aliphatic carbocycles. The number of nitrogens with zero attached hydrogens (tertiary/aromatic N) is 4. The first-order valence-electron chi connectivity index (χ1n) is 7.87. The number of hydrogen-bond acceptors (Lipinski definition) is 4. The summed E-state index contributed by atoms with van der Waals surface area (Å²) in [4.78, 5) is 13.9. The second kappa shape index (κ2) is 8.60. The van der Waals surface area contributed by atoms with E-state index in [9.17, 15) is 9.18 Å². The summed E-state index contributed by atoms with van der Waals surface area (Å²) in [7, 11) is 1.59. The molecule has 0 spiro atoms. The fourth-order valence-corrected chi connectivity index (χ4v) is 3.04. The molecular weight excluding hydrogens is 368 g/mol. The number of hydrogen-bond donors (Lipinski definition) is 1. The minimum absolute atomic E-state index is 0. The average Bonchev–Trinajstić information content (AvgIpc) is 3.08. The molecule has 1 amide bonds. The van der Waals surface area contributed by atoms with Crippen LogP contribution in [-0.4, -0.2) is 45.9 Å². The van der Waals surface area contributed by atoms with E-state index in [0.29, 0.717) is 10.6 Å². The number of amides is 1. The molecule has 1 saturated heterocycles. The van der Waals surface area contributed by atoms with Crippen LogP contribution in [0.2, 0.25) is 5.02 Å². The van der Waals surface area contributed by atoms with E-state index in [0.717, 1.165) is 25.9 Å². The Balaban J connectivity index is 0.00000225. The van der Waals surface area contributed by atoms with E-state index in [1.54, 1.807) is 24.0 Å². The Labute approximate surface area is 156 Å². The van der Waals surface area contributed by atoms with Crippen molar-refractivity contribution in [1.82, 2.24) is 25.2 Å². The van der Waals surface area contributed by atoms with Crippen molar-refractivity contribution in [1.29, 1.82) is 0 Å². The molecule has 1 aromatic carbocycles. The Kier molecular flexibility index (Phi) is 6.75. The minimum Gasteiger partial charge on any atom is -0.336 e. The number of piperidine rings is 1. The predicted molar refractivity (Wildman–Crippen MR) is 95.6 cm³/mol. The van der Waals surface area contributed by atoms with E-state index in [-0.39, 0.29) is 36.6 Å². The van der Waals surface area contributed by atoms with Crippen LogP contribution < -0.4 is 5.32 Å². The SMILES string of the molecule is CN(Cc1c(F)cccc1Cl)C(=O)c1cn(C2CCNCC2)nn1.Cl. The summed E-state index contributed by atoms with van der Waals surface area (Å²) in [5, 5.41) is 11.6. The lowest BCUT2D eigenvalue weighted by molar-refractivity contribution is 0.0778. The summed E-state index contributed by atoms with van der Waals surface area (Å²) in [5.41, 5.74) is 0.546. The molecule has 0 saturated carbocycles. The highest BCUT2D eigenvalue weighted by molar-refractivity contribution is 6.31. The number of halogens is 3. The number of carbonyl (C=O) groups excluding carboxylic acids is 1. The quantitative estimate of drug-likeness (QED) is 0.875. The summed E-state index contributed by atoms with van der Waals surface area (Å²) in [6.07, 6.45) is 3.58. The first-order chi connectivity index (χ1) is 11.6. The molecule has 0 unspecified atom stereocenters. The molecule has 1 fully saturated rings. The van der Waals surface area contributed by atoms with Gasteiger partial charge in [-0.2, -0.15) is 0 Å². The van der Waals surface area contributed by atoms with E-state index >= 15 is 0 Å². The molecule has 1 aromatic heterocycles. The van der Waals surface area contributed by atoms with Crippen LogP contribution in [-0.2, 0) is 6.54 Å². The van der Waals surface area contributed by atoms with E-state index < -0.39 is 5.82 Å². The van der Waals surface area contributed by atoms with Crippen LogP contribution in [0, 0.1) is 5.82 Å². The molecular formula is C16H20Cl2FN5O. The lowest BCUT2D eigenvalue weighted by atomic mass is 10.1. The van der Waals surface area contributed by atoms with Gasteiger partial charge in [-0.25, -0.2) is 9.07 Å². The molecule has 2 aromatic rings. The Morgan fingerprint density at radius 3 is 2.84 bits per heavy atom. The molecule has 0 atom stereocenters. The van der Waals surface area contributed by atoms with Crippen LogP contribution in [0.15, 0.2) is 24.4 Å². The molecule has 2 heterocycles. The second-order valence-corrected chi connectivity index (χ2v) is 6.33. The van der Waals surface area contributed by atoms with Crippen LogP contribution >= 0.6 is 24.0 Å². The predicted octanol–water partition coefficient (Wildman–Crippen LogP) is 2.69. The smallest absolute Gasteiger partial charge is 0.276 e. The summed E-state index contributed by atoms with van der Waals surface area (Å²) in [6, 6.07) is 4.72. The lowest BCUT2D eigenvalue weighted by Crippen LogP contribution is -2.29. The third-order valence-electron chi connectivity index (χ3n) is 4.22. The van der Waals surface area contributed by atoms with Gasteiger partial charge < -0.3 is 10.2 Å². The maximum Gasteiger partial charge on any atom is 0.276 e. The van der Waals surface area contributed by atoms with Crippen molar-refractivity contribution in [2.45, 2.75) is 25.4 Å². The van der Waals surface area contributed by atoms with E-state index in [2.05, 4.69) is 15.6 Å². The zero-order chi connectivity index (χ0) is 17.1. The number of rotatable bonds is 4. The molecule has 0 radical (unpaired) electrons. The molecule has 1 aliphatic rings. The summed E-state index contributed by atoms with van der Waals surface area (Å²) >= 11 is 6.01. The molecule has 25 heavy (non-hydrogen) atoms. The van der Waals surface area contributed by atoms with Crippen molar-refractivity contribution in [2.75, 3.05) is 20.1 Å². The monoisotopic (exact) mass is 387 g/mol. The van der Waals surface area contributed by atoms with Gasteiger partial charge in [0.1, 0.15) is 5.82 Å². The van der Waals surface area contributed by atoms with Gasteiger partial charge in [0.2, 0.25) is 0 Å². The molecule has 9 heteroatoms. The zero-order valence-electron chi connectivity index (χ0n) is 13.8. The van der Waals surface area contributed by atoms with Crippen molar-refractivity contribution in [3.8, 4) is 0 Å². The van der Waals surface area contributed by atoms with Crippen molar-refractivity contribution in [3.05, 3.63) is 46.5 Å². The normalized spacial score (nSPS) is 14.8. The first kappa shape index (κ1) is 19.6. The van der Waals surface area contributed by atoms with Gasteiger partial charge in [-0.1, -0.05) is 22.9 Å². The van der Waals surface area contributed by atoms with Crippen molar-refractivity contribution in [2.24, 2.45) is 0 Å². The van der Waals surface area contributed by atoms with Gasteiger partial charge >= 0.3 is 0 Å². The Morgan fingerprint density at radius 2 is 2.16 bits per heavy atom. The van der Waals surface area contributed by atoms with Gasteiger partial charge in [0.15, 0.2) is 5.69 Å². The Hall–Kier alpha value is -1.70. The summed E-state index contributed by atoms with van der Waals surface area (Å²) < 4.78 is 15.6. The van der Waals surface area contributed by atoms with Gasteiger partial charge in [-0.3, -0.25) is 4.79 Å². The standard InChI is InChI=1S/C16H19ClFN5O.ClH/c1-22(9-12-13(17)3-2-4-14(12)18)16(24)15-10-23(21-20-15)11-5-7-19-8-6-11;/h2-4,10-11,19H,5-9H2,1H3;1H. The van der Waals surface area contributed by atoms with Crippen LogP contribution in [0.25, 0.3) is 0 Å². The van der Waals surface area contributed by atoms with E-state index in [4.69, 9.17) is 11.6 Å². The number of aromatic nitrogens is 3. The molecule has 6 nitrogen and oxygen atoms in total. The molecule has 0 bridgehead atoms. The average molecular weight is 388 g/mol. The highest BCUT2D eigenvalue weighted by Gasteiger charge is 2.21. The Bertz CT molecular complexity index is 713. The maximum absolute atomic E-state index is 13.9. The zero-order valence-corrected chi connectivity index (χ0v) is 15.4. The number of nitrogens with one attached hydrogen (secondary N) is 1. The summed E-state index contributed by atoms with van der Waals surface area (Å²) in [6.45, 7) is 1.93. The number of carbonyl (C=O) groups is 1. The van der Waals surface area contributed by atoms with Gasteiger partial charge in [0.05, 0.1) is 18.8 Å². The summed E-state index contributed by atoms with van der Waals surface area (Å²) in [5.74, 6) is -0.741. The van der Waals surface area contributed by atoms with Gasteiger partial charge in [0, 0.05) is 17.6 Å².